The molecule has 3 rings (SSSR count). The molecular weight excluding hydrogens is 236 g/mol. The minimum absolute atomic E-state index is 0.438. The fraction of sp³-hybridized carbons (Fsp3) is 0.467. The third kappa shape index (κ3) is 3.01. The number of nitrogens with zero attached hydrogens (tertiary/aromatic N) is 3. The summed E-state index contributed by atoms with van der Waals surface area (Å²) >= 11 is 0. The summed E-state index contributed by atoms with van der Waals surface area (Å²) in [5, 5.41) is 3.64. The van der Waals surface area contributed by atoms with Gasteiger partial charge in [-0.05, 0) is 43.9 Å². The van der Waals surface area contributed by atoms with Crippen LogP contribution in [0, 0.1) is 0 Å². The smallest absolute Gasteiger partial charge is 0.0945 e. The number of imidazole rings is 1. The molecular formula is C15H20N4. The second-order valence-corrected chi connectivity index (χ2v) is 5.10. The second kappa shape index (κ2) is 5.97. The maximum Gasteiger partial charge on any atom is 0.0945 e. The van der Waals surface area contributed by atoms with Crippen LogP contribution in [0.25, 0.3) is 0 Å². The van der Waals surface area contributed by atoms with Crippen LogP contribution in [0.1, 0.15) is 36.6 Å². The summed E-state index contributed by atoms with van der Waals surface area (Å²) < 4.78 is 2.12. The minimum Gasteiger partial charge on any atom is -0.337 e. The molecule has 0 fully saturated rings. The van der Waals surface area contributed by atoms with E-state index in [0.717, 1.165) is 19.5 Å². The number of hydrogen-bond acceptors (Lipinski definition) is 3. The van der Waals surface area contributed by atoms with Crippen LogP contribution in [-0.2, 0) is 13.0 Å². The standard InChI is InChI=1S/C15H20N4/c1-4-13-5-2-7-18-15(13)14(6-1)17-8-3-10-19-11-9-16-12-19/h2,5,7,9,11-12,14,17H,1,3-4,6,8,10H2. The van der Waals surface area contributed by atoms with Gasteiger partial charge in [-0.1, -0.05) is 6.07 Å². The molecule has 0 aliphatic heterocycles. The number of hydrogen-bond donors (Lipinski definition) is 1. The first-order valence-corrected chi connectivity index (χ1v) is 7.06. The number of aryl methyl sites for hydroxylation is 2. The molecule has 4 nitrogen and oxygen atoms in total. The van der Waals surface area contributed by atoms with Gasteiger partial charge in [0.05, 0.1) is 12.0 Å². The van der Waals surface area contributed by atoms with Gasteiger partial charge in [-0.25, -0.2) is 4.98 Å². The summed E-state index contributed by atoms with van der Waals surface area (Å²) in [5.74, 6) is 0. The van der Waals surface area contributed by atoms with Crippen LogP contribution in [0.2, 0.25) is 0 Å². The van der Waals surface area contributed by atoms with E-state index >= 15 is 0 Å². The van der Waals surface area contributed by atoms with E-state index < -0.39 is 0 Å². The molecule has 100 valence electrons. The topological polar surface area (TPSA) is 42.7 Å². The highest BCUT2D eigenvalue weighted by Crippen LogP contribution is 2.27. The fourth-order valence-corrected chi connectivity index (χ4v) is 2.76. The predicted octanol–water partition coefficient (Wildman–Crippen LogP) is 2.34. The molecule has 1 unspecified atom stereocenters. The van der Waals surface area contributed by atoms with Crippen LogP contribution < -0.4 is 5.32 Å². The molecule has 0 saturated heterocycles. The van der Waals surface area contributed by atoms with Crippen LogP contribution in [0.4, 0.5) is 0 Å². The van der Waals surface area contributed by atoms with Crippen LogP contribution in [-0.4, -0.2) is 21.1 Å². The molecule has 0 aromatic carbocycles. The Bertz CT molecular complexity index is 507. The maximum atomic E-state index is 4.55. The van der Waals surface area contributed by atoms with E-state index in [1.54, 1.807) is 0 Å². The number of fused-ring (bicyclic) bond motifs is 1. The van der Waals surface area contributed by atoms with Crippen molar-refractivity contribution in [2.75, 3.05) is 6.54 Å². The maximum absolute atomic E-state index is 4.55. The van der Waals surface area contributed by atoms with Crippen molar-refractivity contribution in [2.24, 2.45) is 0 Å². The lowest BCUT2D eigenvalue weighted by molar-refractivity contribution is 0.436. The molecule has 1 atom stereocenters. The van der Waals surface area contributed by atoms with E-state index in [9.17, 15) is 0 Å². The van der Waals surface area contributed by atoms with Crippen molar-refractivity contribution in [3.63, 3.8) is 0 Å². The molecule has 1 aliphatic carbocycles. The summed E-state index contributed by atoms with van der Waals surface area (Å²) in [6.45, 7) is 2.05. The van der Waals surface area contributed by atoms with Crippen LogP contribution in [0.15, 0.2) is 37.1 Å². The molecule has 0 bridgehead atoms. The van der Waals surface area contributed by atoms with Gasteiger partial charge in [0.2, 0.25) is 0 Å². The molecule has 0 saturated carbocycles. The Hall–Kier alpha value is -1.68. The second-order valence-electron chi connectivity index (χ2n) is 5.10. The average Bonchev–Trinajstić information content (AvgIpc) is 2.97. The SMILES string of the molecule is c1cnc2c(c1)CCCC2NCCCn1ccnc1. The number of rotatable bonds is 5. The highest BCUT2D eigenvalue weighted by molar-refractivity contribution is 5.25. The van der Waals surface area contributed by atoms with Crippen molar-refractivity contribution in [2.45, 2.75) is 38.3 Å². The van der Waals surface area contributed by atoms with Crippen LogP contribution in [0.5, 0.6) is 0 Å². The lowest BCUT2D eigenvalue weighted by Gasteiger charge is -2.25. The molecule has 2 heterocycles. The highest BCUT2D eigenvalue weighted by atomic mass is 15.0. The van der Waals surface area contributed by atoms with Crippen molar-refractivity contribution >= 4 is 0 Å². The van der Waals surface area contributed by atoms with E-state index in [-0.39, 0.29) is 0 Å². The number of pyridine rings is 1. The molecule has 19 heavy (non-hydrogen) atoms. The Balaban J connectivity index is 1.51. The molecule has 2 aromatic rings. The summed E-state index contributed by atoms with van der Waals surface area (Å²) in [5.41, 5.74) is 2.68. The first-order chi connectivity index (χ1) is 9.43. The quantitative estimate of drug-likeness (QED) is 0.835. The van der Waals surface area contributed by atoms with Crippen molar-refractivity contribution in [1.82, 2.24) is 19.9 Å². The molecule has 1 aliphatic rings. The van der Waals surface area contributed by atoms with E-state index in [4.69, 9.17) is 0 Å². The third-order valence-electron chi connectivity index (χ3n) is 3.74. The van der Waals surface area contributed by atoms with Gasteiger partial charge in [-0.3, -0.25) is 4.98 Å². The first-order valence-electron chi connectivity index (χ1n) is 7.06. The Kier molecular flexibility index (Phi) is 3.89. The fourth-order valence-electron chi connectivity index (χ4n) is 2.76. The van der Waals surface area contributed by atoms with Gasteiger partial charge in [0.1, 0.15) is 0 Å². The van der Waals surface area contributed by atoms with E-state index in [1.165, 1.54) is 30.5 Å². The van der Waals surface area contributed by atoms with E-state index in [0.29, 0.717) is 6.04 Å². The van der Waals surface area contributed by atoms with Crippen molar-refractivity contribution in [3.8, 4) is 0 Å². The van der Waals surface area contributed by atoms with Crippen LogP contribution in [0.3, 0.4) is 0 Å². The summed E-state index contributed by atoms with van der Waals surface area (Å²) in [6, 6.07) is 4.69. The van der Waals surface area contributed by atoms with Crippen molar-refractivity contribution in [3.05, 3.63) is 48.3 Å². The lowest BCUT2D eigenvalue weighted by Crippen LogP contribution is -2.27. The summed E-state index contributed by atoms with van der Waals surface area (Å²) in [6.07, 6.45) is 12.4. The molecule has 0 amide bonds. The summed E-state index contributed by atoms with van der Waals surface area (Å²) in [4.78, 5) is 8.60. The first kappa shape index (κ1) is 12.4. The molecule has 0 spiro atoms. The monoisotopic (exact) mass is 256 g/mol. The third-order valence-corrected chi connectivity index (χ3v) is 3.74. The zero-order valence-electron chi connectivity index (χ0n) is 11.1. The lowest BCUT2D eigenvalue weighted by atomic mass is 9.92. The van der Waals surface area contributed by atoms with Gasteiger partial charge in [0.15, 0.2) is 0 Å². The van der Waals surface area contributed by atoms with Crippen LogP contribution >= 0.6 is 0 Å². The number of nitrogens with one attached hydrogen (secondary N) is 1. The predicted molar refractivity (Wildman–Crippen MR) is 74.8 cm³/mol. The Morgan fingerprint density at radius 1 is 1.37 bits per heavy atom. The van der Waals surface area contributed by atoms with Gasteiger partial charge >= 0.3 is 0 Å². The van der Waals surface area contributed by atoms with Gasteiger partial charge in [0, 0.05) is 31.2 Å². The Morgan fingerprint density at radius 3 is 3.26 bits per heavy atom. The molecule has 2 aromatic heterocycles. The Labute approximate surface area is 113 Å². The minimum atomic E-state index is 0.438. The van der Waals surface area contributed by atoms with Crippen molar-refractivity contribution in [1.29, 1.82) is 0 Å². The largest absolute Gasteiger partial charge is 0.337 e. The zero-order chi connectivity index (χ0) is 12.9. The molecule has 4 heteroatoms. The highest BCUT2D eigenvalue weighted by Gasteiger charge is 2.20. The normalized spacial score (nSPS) is 18.2. The Morgan fingerprint density at radius 2 is 2.37 bits per heavy atom. The van der Waals surface area contributed by atoms with Gasteiger partial charge in [-0.15, -0.1) is 0 Å². The molecule has 0 radical (unpaired) electrons. The zero-order valence-corrected chi connectivity index (χ0v) is 11.1. The average molecular weight is 256 g/mol. The van der Waals surface area contributed by atoms with Gasteiger partial charge in [0.25, 0.3) is 0 Å². The summed E-state index contributed by atoms with van der Waals surface area (Å²) in [7, 11) is 0. The van der Waals surface area contributed by atoms with E-state index in [2.05, 4.69) is 25.9 Å². The van der Waals surface area contributed by atoms with E-state index in [1.807, 2.05) is 31.0 Å². The van der Waals surface area contributed by atoms with Gasteiger partial charge < -0.3 is 9.88 Å². The van der Waals surface area contributed by atoms with Crippen molar-refractivity contribution < 1.29 is 0 Å². The molecule has 1 N–H and O–H groups in total. The number of aromatic nitrogens is 3. The van der Waals surface area contributed by atoms with Gasteiger partial charge in [-0.2, -0.15) is 0 Å².